The van der Waals surface area contributed by atoms with Crippen LogP contribution in [0.1, 0.15) is 21.6 Å². The average Bonchev–Trinajstić information content (AvgIpc) is 3.26. The average molecular weight is 458 g/mol. The number of nitrogens with zero attached hydrogens (tertiary/aromatic N) is 4. The molecule has 0 N–H and O–H groups in total. The van der Waals surface area contributed by atoms with Crippen LogP contribution < -0.4 is 0 Å². The van der Waals surface area contributed by atoms with Gasteiger partial charge in [-0.05, 0) is 17.7 Å². The summed E-state index contributed by atoms with van der Waals surface area (Å²) in [5.74, 6) is -1.62. The van der Waals surface area contributed by atoms with Crippen LogP contribution in [0.4, 0.5) is 17.6 Å². The number of hydrogen-bond acceptors (Lipinski definition) is 3. The number of amides is 1. The fraction of sp³-hybridized carbons (Fsp3) is 0.250. The van der Waals surface area contributed by atoms with Gasteiger partial charge >= 0.3 is 6.18 Å². The Hall–Kier alpha value is -3.46. The predicted molar refractivity (Wildman–Crippen MR) is 116 cm³/mol. The molecule has 1 aliphatic rings. The molecule has 0 saturated carbocycles. The Morgan fingerprint density at radius 1 is 0.970 bits per heavy atom. The summed E-state index contributed by atoms with van der Waals surface area (Å²) >= 11 is 0. The number of benzene rings is 2. The number of piperazine rings is 1. The third-order valence-electron chi connectivity index (χ3n) is 5.48. The molecule has 0 bridgehead atoms. The zero-order valence-electron chi connectivity index (χ0n) is 17.7. The molecule has 0 radical (unpaired) electrons. The van der Waals surface area contributed by atoms with Crippen LogP contribution in [0.5, 0.6) is 0 Å². The smallest absolute Gasteiger partial charge is 0.336 e. The third kappa shape index (κ3) is 5.14. The lowest BCUT2D eigenvalue weighted by Gasteiger charge is -2.34. The fourth-order valence-electron chi connectivity index (χ4n) is 3.79. The van der Waals surface area contributed by atoms with Crippen molar-refractivity contribution in [1.82, 2.24) is 19.6 Å². The van der Waals surface area contributed by atoms with E-state index < -0.39 is 29.2 Å². The topological polar surface area (TPSA) is 41.4 Å². The van der Waals surface area contributed by atoms with Gasteiger partial charge in [-0.15, -0.1) is 0 Å². The molecule has 2 aromatic carbocycles. The number of rotatable bonds is 5. The molecule has 1 fully saturated rings. The Bertz CT molecular complexity index is 1130. The van der Waals surface area contributed by atoms with Gasteiger partial charge in [-0.1, -0.05) is 54.6 Å². The van der Waals surface area contributed by atoms with Crippen LogP contribution in [0.2, 0.25) is 0 Å². The van der Waals surface area contributed by atoms with Crippen LogP contribution >= 0.6 is 0 Å². The molecule has 0 spiro atoms. The van der Waals surface area contributed by atoms with E-state index in [4.69, 9.17) is 0 Å². The Balaban J connectivity index is 1.46. The molecule has 3 aromatic rings. The first-order chi connectivity index (χ1) is 15.8. The van der Waals surface area contributed by atoms with Crippen molar-refractivity contribution < 1.29 is 22.4 Å². The highest BCUT2D eigenvalue weighted by Crippen LogP contribution is 2.34. The Labute approximate surface area is 188 Å². The quantitative estimate of drug-likeness (QED) is 0.529. The second kappa shape index (κ2) is 9.58. The molecule has 1 aromatic heterocycles. The summed E-state index contributed by atoms with van der Waals surface area (Å²) in [5.41, 5.74) is -1.13. The van der Waals surface area contributed by atoms with E-state index in [2.05, 4.69) is 10.00 Å². The molecule has 1 aliphatic heterocycles. The van der Waals surface area contributed by atoms with Gasteiger partial charge in [0.2, 0.25) is 0 Å². The van der Waals surface area contributed by atoms with Crippen LogP contribution in [-0.2, 0) is 6.18 Å². The van der Waals surface area contributed by atoms with Crippen LogP contribution in [0.25, 0.3) is 11.8 Å². The lowest BCUT2D eigenvalue weighted by atomic mass is 10.1. The number of carbonyl (C=O) groups is 1. The summed E-state index contributed by atoms with van der Waals surface area (Å²) in [7, 11) is 0. The molecule has 172 valence electrons. The first kappa shape index (κ1) is 22.7. The van der Waals surface area contributed by atoms with Crippen molar-refractivity contribution in [1.29, 1.82) is 0 Å². The van der Waals surface area contributed by atoms with Gasteiger partial charge in [0, 0.05) is 32.7 Å². The summed E-state index contributed by atoms with van der Waals surface area (Å²) in [4.78, 5) is 16.5. The normalized spacial score (nSPS) is 15.3. The zero-order valence-corrected chi connectivity index (χ0v) is 17.7. The number of halogens is 4. The monoisotopic (exact) mass is 458 g/mol. The lowest BCUT2D eigenvalue weighted by molar-refractivity contribution is -0.143. The number of alkyl halides is 3. The van der Waals surface area contributed by atoms with Gasteiger partial charge < -0.3 is 4.90 Å². The van der Waals surface area contributed by atoms with Gasteiger partial charge in [0.05, 0.1) is 11.8 Å². The van der Waals surface area contributed by atoms with Gasteiger partial charge in [0.15, 0.2) is 5.69 Å². The highest BCUT2D eigenvalue weighted by atomic mass is 19.4. The highest BCUT2D eigenvalue weighted by Gasteiger charge is 2.42. The number of hydrogen-bond donors (Lipinski definition) is 0. The zero-order chi connectivity index (χ0) is 23.4. The van der Waals surface area contributed by atoms with Crippen molar-refractivity contribution in [2.24, 2.45) is 0 Å². The molecule has 2 heterocycles. The molecule has 9 heteroatoms. The minimum atomic E-state index is -4.88. The first-order valence-electron chi connectivity index (χ1n) is 10.5. The van der Waals surface area contributed by atoms with Crippen molar-refractivity contribution in [3.05, 3.63) is 89.5 Å². The second-order valence-electron chi connectivity index (χ2n) is 7.67. The van der Waals surface area contributed by atoms with E-state index in [0.717, 1.165) is 17.8 Å². The van der Waals surface area contributed by atoms with Gasteiger partial charge in [-0.25, -0.2) is 9.07 Å². The number of para-hydroxylation sites is 1. The van der Waals surface area contributed by atoms with Gasteiger partial charge in [-0.3, -0.25) is 9.69 Å². The van der Waals surface area contributed by atoms with E-state index in [9.17, 15) is 22.4 Å². The van der Waals surface area contributed by atoms with E-state index in [0.29, 0.717) is 37.4 Å². The first-order valence-corrected chi connectivity index (χ1v) is 10.5. The van der Waals surface area contributed by atoms with Crippen LogP contribution in [-0.4, -0.2) is 58.2 Å². The van der Waals surface area contributed by atoms with E-state index in [1.165, 1.54) is 23.1 Å². The third-order valence-corrected chi connectivity index (χ3v) is 5.48. The number of carbonyl (C=O) groups excluding carboxylic acids is 1. The van der Waals surface area contributed by atoms with Crippen LogP contribution in [0.15, 0.2) is 66.9 Å². The standard InChI is InChI=1S/C24H22F4N4O/c25-20-10-4-5-11-21(20)32-22(24(26,27)28)19(17-29-32)23(33)31-15-13-30(14-16-31)12-6-9-18-7-2-1-3-8-18/h1-11,17H,12-16H2/b9-6+. The van der Waals surface area contributed by atoms with Gasteiger partial charge in [-0.2, -0.15) is 18.3 Å². The Morgan fingerprint density at radius 2 is 1.64 bits per heavy atom. The lowest BCUT2D eigenvalue weighted by Crippen LogP contribution is -2.48. The van der Waals surface area contributed by atoms with Gasteiger partial charge in [0.1, 0.15) is 11.5 Å². The minimum Gasteiger partial charge on any atom is -0.336 e. The van der Waals surface area contributed by atoms with Crippen LogP contribution in [0, 0.1) is 5.82 Å². The van der Waals surface area contributed by atoms with Crippen molar-refractivity contribution in [3.63, 3.8) is 0 Å². The fourth-order valence-corrected chi connectivity index (χ4v) is 3.79. The van der Waals surface area contributed by atoms with E-state index >= 15 is 0 Å². The summed E-state index contributed by atoms with van der Waals surface area (Å²) in [6, 6.07) is 14.8. The van der Waals surface area contributed by atoms with Crippen LogP contribution in [0.3, 0.4) is 0 Å². The van der Waals surface area contributed by atoms with Crippen molar-refractivity contribution in [3.8, 4) is 5.69 Å². The molecule has 1 amide bonds. The molecule has 5 nitrogen and oxygen atoms in total. The molecular formula is C24H22F4N4O. The van der Waals surface area contributed by atoms with E-state index in [-0.39, 0.29) is 5.69 Å². The Kier molecular flexibility index (Phi) is 6.60. The molecule has 33 heavy (non-hydrogen) atoms. The van der Waals surface area contributed by atoms with E-state index in [1.807, 2.05) is 42.5 Å². The summed E-state index contributed by atoms with van der Waals surface area (Å²) in [6.45, 7) is 2.33. The molecule has 0 aliphatic carbocycles. The predicted octanol–water partition coefficient (Wildman–Crippen LogP) is 4.50. The molecular weight excluding hydrogens is 436 g/mol. The molecule has 4 rings (SSSR count). The van der Waals surface area contributed by atoms with Gasteiger partial charge in [0.25, 0.3) is 5.91 Å². The minimum absolute atomic E-state index is 0.292. The van der Waals surface area contributed by atoms with Crippen molar-refractivity contribution in [2.75, 3.05) is 32.7 Å². The summed E-state index contributed by atoms with van der Waals surface area (Å²) in [6.07, 6.45) is 0.0116. The molecule has 1 saturated heterocycles. The maximum absolute atomic E-state index is 14.1. The summed E-state index contributed by atoms with van der Waals surface area (Å²) < 4.78 is 56.2. The van der Waals surface area contributed by atoms with Crippen molar-refractivity contribution >= 4 is 12.0 Å². The largest absolute Gasteiger partial charge is 0.434 e. The summed E-state index contributed by atoms with van der Waals surface area (Å²) in [5, 5.41) is 3.70. The number of aromatic nitrogens is 2. The van der Waals surface area contributed by atoms with E-state index in [1.54, 1.807) is 0 Å². The maximum atomic E-state index is 14.1. The SMILES string of the molecule is O=C(c1cnn(-c2ccccc2F)c1C(F)(F)F)N1CCN(C/C=C/c2ccccc2)CC1. The Morgan fingerprint density at radius 3 is 2.30 bits per heavy atom. The second-order valence-corrected chi connectivity index (χ2v) is 7.67. The maximum Gasteiger partial charge on any atom is 0.434 e. The van der Waals surface area contributed by atoms with Crippen molar-refractivity contribution in [2.45, 2.75) is 6.18 Å². The highest BCUT2D eigenvalue weighted by molar-refractivity contribution is 5.95. The molecule has 0 unspecified atom stereocenters. The molecule has 0 atom stereocenters.